The first-order chi connectivity index (χ1) is 9.61. The SMILES string of the molecule is CCO[C@@H](C)C(=O)N1CCC(c2ccnc(N)n2)CC1. The normalized spacial score (nSPS) is 18.0. The second kappa shape index (κ2) is 6.65. The minimum atomic E-state index is -0.355. The molecule has 1 atom stereocenters. The zero-order valence-electron chi connectivity index (χ0n) is 12.1. The zero-order chi connectivity index (χ0) is 14.5. The molecule has 1 saturated heterocycles. The molecule has 110 valence electrons. The summed E-state index contributed by atoms with van der Waals surface area (Å²) in [6.45, 7) is 5.75. The van der Waals surface area contributed by atoms with E-state index in [-0.39, 0.29) is 12.0 Å². The van der Waals surface area contributed by atoms with Crippen LogP contribution >= 0.6 is 0 Å². The maximum atomic E-state index is 12.1. The van der Waals surface area contributed by atoms with Gasteiger partial charge in [-0.15, -0.1) is 0 Å². The Hall–Kier alpha value is -1.69. The van der Waals surface area contributed by atoms with Crippen molar-refractivity contribution in [3.05, 3.63) is 18.0 Å². The van der Waals surface area contributed by atoms with Crippen molar-refractivity contribution in [3.8, 4) is 0 Å². The van der Waals surface area contributed by atoms with E-state index in [9.17, 15) is 4.79 Å². The van der Waals surface area contributed by atoms with Crippen molar-refractivity contribution in [2.45, 2.75) is 38.7 Å². The highest BCUT2D eigenvalue weighted by Crippen LogP contribution is 2.27. The minimum Gasteiger partial charge on any atom is -0.369 e. The number of nitrogen functional groups attached to an aromatic ring is 1. The number of hydrogen-bond acceptors (Lipinski definition) is 5. The number of anilines is 1. The molecule has 1 aliphatic heterocycles. The third-order valence-corrected chi connectivity index (χ3v) is 3.69. The highest BCUT2D eigenvalue weighted by Gasteiger charge is 2.27. The molecule has 2 N–H and O–H groups in total. The first-order valence-corrected chi connectivity index (χ1v) is 7.10. The summed E-state index contributed by atoms with van der Waals surface area (Å²) >= 11 is 0. The van der Waals surface area contributed by atoms with Crippen LogP contribution in [-0.2, 0) is 9.53 Å². The number of piperidine rings is 1. The number of carbonyl (C=O) groups is 1. The van der Waals surface area contributed by atoms with Gasteiger partial charge in [0.05, 0.1) is 0 Å². The molecule has 20 heavy (non-hydrogen) atoms. The van der Waals surface area contributed by atoms with E-state index in [1.165, 1.54) is 0 Å². The molecule has 0 spiro atoms. The third-order valence-electron chi connectivity index (χ3n) is 3.69. The van der Waals surface area contributed by atoms with Gasteiger partial charge in [-0.05, 0) is 32.8 Å². The molecule has 1 amide bonds. The first-order valence-electron chi connectivity index (χ1n) is 7.10. The van der Waals surface area contributed by atoms with E-state index in [1.54, 1.807) is 6.20 Å². The summed E-state index contributed by atoms with van der Waals surface area (Å²) in [6, 6.07) is 1.90. The number of hydrogen-bond donors (Lipinski definition) is 1. The van der Waals surface area contributed by atoms with Gasteiger partial charge in [-0.25, -0.2) is 9.97 Å². The molecule has 6 nitrogen and oxygen atoms in total. The van der Waals surface area contributed by atoms with Crippen LogP contribution in [0.4, 0.5) is 5.95 Å². The lowest BCUT2D eigenvalue weighted by atomic mass is 9.93. The Balaban J connectivity index is 1.91. The van der Waals surface area contributed by atoms with Crippen molar-refractivity contribution in [1.29, 1.82) is 0 Å². The van der Waals surface area contributed by atoms with Crippen LogP contribution in [0, 0.1) is 0 Å². The average molecular weight is 278 g/mol. The number of carbonyl (C=O) groups excluding carboxylic acids is 1. The van der Waals surface area contributed by atoms with E-state index >= 15 is 0 Å². The number of nitrogens with two attached hydrogens (primary N) is 1. The number of rotatable bonds is 4. The second-order valence-corrected chi connectivity index (χ2v) is 5.04. The van der Waals surface area contributed by atoms with Crippen molar-refractivity contribution in [1.82, 2.24) is 14.9 Å². The predicted octanol–water partition coefficient (Wildman–Crippen LogP) is 1.19. The summed E-state index contributed by atoms with van der Waals surface area (Å²) < 4.78 is 5.36. The summed E-state index contributed by atoms with van der Waals surface area (Å²) in [4.78, 5) is 22.2. The fourth-order valence-electron chi connectivity index (χ4n) is 2.59. The van der Waals surface area contributed by atoms with Crippen LogP contribution in [0.1, 0.15) is 38.3 Å². The van der Waals surface area contributed by atoms with E-state index in [0.29, 0.717) is 18.5 Å². The highest BCUT2D eigenvalue weighted by molar-refractivity contribution is 5.80. The number of aromatic nitrogens is 2. The molecule has 1 aromatic rings. The van der Waals surface area contributed by atoms with Gasteiger partial charge in [0.15, 0.2) is 0 Å². The Bertz CT molecular complexity index is 458. The van der Waals surface area contributed by atoms with E-state index in [0.717, 1.165) is 31.6 Å². The van der Waals surface area contributed by atoms with Gasteiger partial charge in [-0.1, -0.05) is 0 Å². The van der Waals surface area contributed by atoms with Gasteiger partial charge < -0.3 is 15.4 Å². The Morgan fingerprint density at radius 1 is 1.55 bits per heavy atom. The van der Waals surface area contributed by atoms with Crippen molar-refractivity contribution >= 4 is 11.9 Å². The smallest absolute Gasteiger partial charge is 0.251 e. The van der Waals surface area contributed by atoms with Crippen molar-refractivity contribution in [2.24, 2.45) is 0 Å². The monoisotopic (exact) mass is 278 g/mol. The maximum absolute atomic E-state index is 12.1. The summed E-state index contributed by atoms with van der Waals surface area (Å²) in [6.07, 6.45) is 3.14. The second-order valence-electron chi connectivity index (χ2n) is 5.04. The van der Waals surface area contributed by atoms with Crippen LogP contribution in [0.15, 0.2) is 12.3 Å². The molecule has 0 bridgehead atoms. The lowest BCUT2D eigenvalue weighted by Crippen LogP contribution is -2.43. The van der Waals surface area contributed by atoms with Crippen LogP contribution in [0.2, 0.25) is 0 Å². The Kier molecular flexibility index (Phi) is 4.89. The summed E-state index contributed by atoms with van der Waals surface area (Å²) in [7, 11) is 0. The lowest BCUT2D eigenvalue weighted by molar-refractivity contribution is -0.143. The van der Waals surface area contributed by atoms with Gasteiger partial charge in [0.1, 0.15) is 6.10 Å². The summed E-state index contributed by atoms with van der Waals surface area (Å²) in [5.74, 6) is 0.741. The van der Waals surface area contributed by atoms with Crippen LogP contribution in [0.25, 0.3) is 0 Å². The largest absolute Gasteiger partial charge is 0.369 e. The predicted molar refractivity (Wildman–Crippen MR) is 76.1 cm³/mol. The molecule has 2 rings (SSSR count). The quantitative estimate of drug-likeness (QED) is 0.894. The first kappa shape index (κ1) is 14.7. The van der Waals surface area contributed by atoms with E-state index in [1.807, 2.05) is 24.8 Å². The Morgan fingerprint density at radius 2 is 2.25 bits per heavy atom. The molecule has 1 aliphatic rings. The van der Waals surface area contributed by atoms with E-state index in [2.05, 4.69) is 9.97 Å². The van der Waals surface area contributed by atoms with Crippen LogP contribution in [0.5, 0.6) is 0 Å². The number of ether oxygens (including phenoxy) is 1. The topological polar surface area (TPSA) is 81.3 Å². The molecule has 0 unspecified atom stereocenters. The van der Waals surface area contributed by atoms with Gasteiger partial charge in [0, 0.05) is 37.5 Å². The lowest BCUT2D eigenvalue weighted by Gasteiger charge is -2.33. The molecular formula is C14H22N4O2. The van der Waals surface area contributed by atoms with Gasteiger partial charge in [0.2, 0.25) is 5.95 Å². The molecular weight excluding hydrogens is 256 g/mol. The molecule has 0 aliphatic carbocycles. The van der Waals surface area contributed by atoms with Gasteiger partial charge in [0.25, 0.3) is 5.91 Å². The van der Waals surface area contributed by atoms with Crippen molar-refractivity contribution < 1.29 is 9.53 Å². The fourth-order valence-corrected chi connectivity index (χ4v) is 2.59. The molecule has 0 aromatic carbocycles. The minimum absolute atomic E-state index is 0.0764. The Morgan fingerprint density at radius 3 is 2.85 bits per heavy atom. The van der Waals surface area contributed by atoms with Crippen LogP contribution in [-0.4, -0.2) is 46.6 Å². The number of amides is 1. The molecule has 1 fully saturated rings. The molecule has 1 aromatic heterocycles. The molecule has 6 heteroatoms. The van der Waals surface area contributed by atoms with Gasteiger partial charge >= 0.3 is 0 Å². The maximum Gasteiger partial charge on any atom is 0.251 e. The molecule has 2 heterocycles. The zero-order valence-corrected chi connectivity index (χ0v) is 12.1. The van der Waals surface area contributed by atoms with Crippen LogP contribution in [0.3, 0.4) is 0 Å². The fraction of sp³-hybridized carbons (Fsp3) is 0.643. The number of likely N-dealkylation sites (tertiary alicyclic amines) is 1. The highest BCUT2D eigenvalue weighted by atomic mass is 16.5. The number of nitrogens with zero attached hydrogens (tertiary/aromatic N) is 3. The van der Waals surface area contributed by atoms with Gasteiger partial charge in [-0.2, -0.15) is 0 Å². The molecule has 0 radical (unpaired) electrons. The van der Waals surface area contributed by atoms with Crippen molar-refractivity contribution in [3.63, 3.8) is 0 Å². The van der Waals surface area contributed by atoms with Crippen LogP contribution < -0.4 is 5.73 Å². The van der Waals surface area contributed by atoms with E-state index < -0.39 is 0 Å². The Labute approximate surface area is 119 Å². The molecule has 0 saturated carbocycles. The van der Waals surface area contributed by atoms with Gasteiger partial charge in [-0.3, -0.25) is 4.79 Å². The standard InChI is InChI=1S/C14H22N4O2/c1-3-20-10(2)13(19)18-8-5-11(6-9-18)12-4-7-16-14(15)17-12/h4,7,10-11H,3,5-6,8-9H2,1-2H3,(H2,15,16,17)/t10-/m0/s1. The third kappa shape index (κ3) is 3.45. The summed E-state index contributed by atoms with van der Waals surface area (Å²) in [5, 5.41) is 0. The van der Waals surface area contributed by atoms with E-state index in [4.69, 9.17) is 10.5 Å². The summed E-state index contributed by atoms with van der Waals surface area (Å²) in [5.41, 5.74) is 6.59. The van der Waals surface area contributed by atoms with Crippen molar-refractivity contribution in [2.75, 3.05) is 25.4 Å². The average Bonchev–Trinajstić information content (AvgIpc) is 2.47.